The number of aryl methyl sites for hydroxylation is 2. The molecule has 0 unspecified atom stereocenters. The van der Waals surface area contributed by atoms with Crippen LogP contribution in [0, 0.1) is 13.8 Å². The molecule has 4 rings (SSSR count). The Morgan fingerprint density at radius 3 is 2.10 bits per heavy atom. The Morgan fingerprint density at radius 1 is 0.839 bits per heavy atom. The zero-order valence-electron chi connectivity index (χ0n) is 17.6. The molecular formula is C25H23N3O3. The molecule has 0 radical (unpaired) electrons. The highest BCUT2D eigenvalue weighted by Gasteiger charge is 2.19. The fourth-order valence-corrected chi connectivity index (χ4v) is 3.18. The van der Waals surface area contributed by atoms with E-state index in [1.165, 1.54) is 0 Å². The number of nitrogens with one attached hydrogen (secondary N) is 2. The van der Waals surface area contributed by atoms with Crippen LogP contribution in [-0.2, 0) is 0 Å². The molecule has 6 nitrogen and oxygen atoms in total. The van der Waals surface area contributed by atoms with Crippen molar-refractivity contribution in [1.29, 1.82) is 0 Å². The summed E-state index contributed by atoms with van der Waals surface area (Å²) in [7, 11) is 1.55. The van der Waals surface area contributed by atoms with E-state index in [4.69, 9.17) is 9.15 Å². The maximum Gasteiger partial charge on any atom is 0.327 e. The van der Waals surface area contributed by atoms with Crippen molar-refractivity contribution in [3.8, 4) is 28.3 Å². The van der Waals surface area contributed by atoms with Crippen LogP contribution in [0.5, 0.6) is 5.75 Å². The third-order valence-corrected chi connectivity index (χ3v) is 4.84. The van der Waals surface area contributed by atoms with E-state index in [0.717, 1.165) is 22.3 Å². The lowest BCUT2D eigenvalue weighted by Crippen LogP contribution is -2.20. The molecule has 0 spiro atoms. The fraction of sp³-hybridized carbons (Fsp3) is 0.120. The highest BCUT2D eigenvalue weighted by Crippen LogP contribution is 2.35. The number of ether oxygens (including phenoxy) is 1. The summed E-state index contributed by atoms with van der Waals surface area (Å²) < 4.78 is 11.2. The van der Waals surface area contributed by atoms with Crippen molar-refractivity contribution in [3.63, 3.8) is 0 Å². The minimum atomic E-state index is -0.475. The molecule has 4 aromatic rings. The lowest BCUT2D eigenvalue weighted by Gasteiger charge is -2.09. The Morgan fingerprint density at radius 2 is 1.45 bits per heavy atom. The van der Waals surface area contributed by atoms with Crippen LogP contribution in [0.1, 0.15) is 11.1 Å². The number of urea groups is 1. The van der Waals surface area contributed by atoms with Gasteiger partial charge in [-0.2, -0.15) is 4.98 Å². The SMILES string of the molecule is COc1ccccc1NC(=O)Nc1nc(-c2ccc(C)cc2)c(-c2ccc(C)cc2)o1. The number of anilines is 2. The molecule has 0 atom stereocenters. The fourth-order valence-electron chi connectivity index (χ4n) is 3.18. The lowest BCUT2D eigenvalue weighted by molar-refractivity contribution is 0.261. The molecule has 0 saturated carbocycles. The normalized spacial score (nSPS) is 10.5. The summed E-state index contributed by atoms with van der Waals surface area (Å²) in [6, 6.07) is 22.8. The number of oxazole rings is 1. The first-order valence-corrected chi connectivity index (χ1v) is 9.89. The number of hydrogen-bond donors (Lipinski definition) is 2. The minimum absolute atomic E-state index is 0.110. The maximum atomic E-state index is 12.6. The largest absolute Gasteiger partial charge is 0.495 e. The van der Waals surface area contributed by atoms with Gasteiger partial charge in [-0.05, 0) is 26.0 Å². The number of carbonyl (C=O) groups excluding carboxylic acids is 1. The van der Waals surface area contributed by atoms with Gasteiger partial charge in [0.15, 0.2) is 5.76 Å². The standard InChI is InChI=1S/C25H23N3O3/c1-16-8-12-18(13-9-16)22-23(19-14-10-17(2)11-15-19)31-25(27-22)28-24(29)26-20-6-4-5-7-21(20)30-3/h4-15H,1-3H3,(H2,26,27,28,29). The molecule has 1 heterocycles. The van der Waals surface area contributed by atoms with Crippen molar-refractivity contribution in [1.82, 2.24) is 4.98 Å². The summed E-state index contributed by atoms with van der Waals surface area (Å²) in [5, 5.41) is 5.44. The van der Waals surface area contributed by atoms with Crippen LogP contribution in [0.3, 0.4) is 0 Å². The second kappa shape index (κ2) is 8.75. The zero-order chi connectivity index (χ0) is 21.8. The Labute approximate surface area is 180 Å². The highest BCUT2D eigenvalue weighted by atomic mass is 16.5. The van der Waals surface area contributed by atoms with Gasteiger partial charge in [0, 0.05) is 11.1 Å². The Bertz CT molecular complexity index is 1130. The Kier molecular flexibility index (Phi) is 5.71. The molecule has 0 aliphatic heterocycles. The Hall–Kier alpha value is -4.06. The van der Waals surface area contributed by atoms with E-state index in [1.807, 2.05) is 74.5 Å². The van der Waals surface area contributed by atoms with E-state index in [-0.39, 0.29) is 6.01 Å². The first kappa shape index (κ1) is 20.2. The van der Waals surface area contributed by atoms with Gasteiger partial charge in [0.05, 0.1) is 12.8 Å². The summed E-state index contributed by atoms with van der Waals surface area (Å²) in [6.45, 7) is 4.06. The zero-order valence-corrected chi connectivity index (χ0v) is 17.6. The Balaban J connectivity index is 1.65. The molecule has 3 aromatic carbocycles. The smallest absolute Gasteiger partial charge is 0.327 e. The van der Waals surface area contributed by atoms with Crippen LogP contribution in [-0.4, -0.2) is 18.1 Å². The van der Waals surface area contributed by atoms with E-state index >= 15 is 0 Å². The molecule has 2 amide bonds. The molecule has 6 heteroatoms. The summed E-state index contributed by atoms with van der Waals surface area (Å²) in [5.74, 6) is 1.15. The van der Waals surface area contributed by atoms with Gasteiger partial charge in [0.2, 0.25) is 0 Å². The van der Waals surface area contributed by atoms with E-state index in [0.29, 0.717) is 22.9 Å². The van der Waals surface area contributed by atoms with Crippen LogP contribution in [0.4, 0.5) is 16.5 Å². The third-order valence-electron chi connectivity index (χ3n) is 4.84. The van der Waals surface area contributed by atoms with Crippen molar-refractivity contribution in [3.05, 3.63) is 83.9 Å². The number of carbonyl (C=O) groups is 1. The number of aromatic nitrogens is 1. The van der Waals surface area contributed by atoms with Gasteiger partial charge < -0.3 is 14.5 Å². The number of rotatable bonds is 5. The van der Waals surface area contributed by atoms with Gasteiger partial charge in [-0.1, -0.05) is 71.8 Å². The van der Waals surface area contributed by atoms with Crippen LogP contribution in [0.15, 0.2) is 77.2 Å². The number of amides is 2. The summed E-state index contributed by atoms with van der Waals surface area (Å²) in [6.07, 6.45) is 0. The molecule has 1 aromatic heterocycles. The summed E-state index contributed by atoms with van der Waals surface area (Å²) in [5.41, 5.74) is 5.30. The second-order valence-corrected chi connectivity index (χ2v) is 7.21. The molecular weight excluding hydrogens is 390 g/mol. The van der Waals surface area contributed by atoms with Crippen molar-refractivity contribution < 1.29 is 13.9 Å². The monoisotopic (exact) mass is 413 g/mol. The first-order chi connectivity index (χ1) is 15.0. The van der Waals surface area contributed by atoms with E-state index in [1.54, 1.807) is 19.2 Å². The number of methoxy groups -OCH3 is 1. The molecule has 0 saturated heterocycles. The van der Waals surface area contributed by atoms with Gasteiger partial charge in [-0.15, -0.1) is 0 Å². The van der Waals surface area contributed by atoms with E-state index in [9.17, 15) is 4.79 Å². The quantitative estimate of drug-likeness (QED) is 0.404. The number of benzene rings is 3. The minimum Gasteiger partial charge on any atom is -0.495 e. The topological polar surface area (TPSA) is 76.4 Å². The molecule has 31 heavy (non-hydrogen) atoms. The number of nitrogens with zero attached hydrogens (tertiary/aromatic N) is 1. The summed E-state index contributed by atoms with van der Waals surface area (Å²) in [4.78, 5) is 17.1. The van der Waals surface area contributed by atoms with Gasteiger partial charge in [-0.25, -0.2) is 4.79 Å². The number of hydrogen-bond acceptors (Lipinski definition) is 4. The van der Waals surface area contributed by atoms with E-state index in [2.05, 4.69) is 15.6 Å². The van der Waals surface area contributed by atoms with Crippen molar-refractivity contribution in [2.75, 3.05) is 17.7 Å². The predicted molar refractivity (Wildman–Crippen MR) is 122 cm³/mol. The third kappa shape index (κ3) is 4.59. The first-order valence-electron chi connectivity index (χ1n) is 9.89. The van der Waals surface area contributed by atoms with Crippen LogP contribution in [0.25, 0.3) is 22.6 Å². The predicted octanol–water partition coefficient (Wildman–Crippen LogP) is 6.28. The highest BCUT2D eigenvalue weighted by molar-refractivity contribution is 5.99. The maximum absolute atomic E-state index is 12.6. The van der Waals surface area contributed by atoms with Crippen LogP contribution >= 0.6 is 0 Å². The molecule has 0 aliphatic carbocycles. The second-order valence-electron chi connectivity index (χ2n) is 7.21. The number of para-hydroxylation sites is 2. The van der Waals surface area contributed by atoms with Gasteiger partial charge in [0.1, 0.15) is 11.4 Å². The van der Waals surface area contributed by atoms with Gasteiger partial charge in [-0.3, -0.25) is 5.32 Å². The summed E-state index contributed by atoms with van der Waals surface area (Å²) >= 11 is 0. The average molecular weight is 413 g/mol. The van der Waals surface area contributed by atoms with Gasteiger partial charge >= 0.3 is 12.0 Å². The van der Waals surface area contributed by atoms with Crippen molar-refractivity contribution >= 4 is 17.7 Å². The van der Waals surface area contributed by atoms with Gasteiger partial charge in [0.25, 0.3) is 0 Å². The van der Waals surface area contributed by atoms with Crippen LogP contribution < -0.4 is 15.4 Å². The lowest BCUT2D eigenvalue weighted by atomic mass is 10.0. The molecule has 0 fully saturated rings. The molecule has 2 N–H and O–H groups in total. The molecule has 0 bridgehead atoms. The average Bonchev–Trinajstić information content (AvgIpc) is 3.18. The van der Waals surface area contributed by atoms with Crippen molar-refractivity contribution in [2.45, 2.75) is 13.8 Å². The van der Waals surface area contributed by atoms with E-state index < -0.39 is 6.03 Å². The molecule has 0 aliphatic rings. The molecule has 156 valence electrons. The van der Waals surface area contributed by atoms with Crippen LogP contribution in [0.2, 0.25) is 0 Å². The van der Waals surface area contributed by atoms with Crippen molar-refractivity contribution in [2.24, 2.45) is 0 Å².